The zero-order valence-electron chi connectivity index (χ0n) is 8.04. The molecule has 0 saturated heterocycles. The second kappa shape index (κ2) is 3.25. The van der Waals surface area contributed by atoms with Crippen LogP contribution in [-0.4, -0.2) is 12.1 Å². The van der Waals surface area contributed by atoms with Crippen molar-refractivity contribution in [1.82, 2.24) is 4.98 Å². The molecule has 2 aromatic rings. The second-order valence-corrected chi connectivity index (χ2v) is 3.10. The summed E-state index contributed by atoms with van der Waals surface area (Å²) in [7, 11) is 1.45. The van der Waals surface area contributed by atoms with Crippen molar-refractivity contribution in [3.05, 3.63) is 35.8 Å². The zero-order valence-corrected chi connectivity index (χ0v) is 8.04. The number of halogens is 1. The van der Waals surface area contributed by atoms with Gasteiger partial charge in [-0.3, -0.25) is 4.98 Å². The molecule has 0 aliphatic heterocycles. The third-order valence-corrected chi connectivity index (χ3v) is 2.13. The third-order valence-electron chi connectivity index (χ3n) is 2.13. The molecule has 3 heteroatoms. The van der Waals surface area contributed by atoms with Crippen LogP contribution in [0.5, 0.6) is 5.75 Å². The van der Waals surface area contributed by atoms with E-state index < -0.39 is 0 Å². The van der Waals surface area contributed by atoms with Crippen LogP contribution in [0.3, 0.4) is 0 Å². The molecule has 0 N–H and O–H groups in total. The van der Waals surface area contributed by atoms with Gasteiger partial charge in [-0.1, -0.05) is 0 Å². The highest BCUT2D eigenvalue weighted by molar-refractivity contribution is 5.81. The van der Waals surface area contributed by atoms with Crippen LogP contribution in [0.1, 0.15) is 5.69 Å². The fourth-order valence-electron chi connectivity index (χ4n) is 1.41. The number of benzene rings is 1. The summed E-state index contributed by atoms with van der Waals surface area (Å²) in [5.74, 6) is -0.0966. The summed E-state index contributed by atoms with van der Waals surface area (Å²) in [6.07, 6.45) is 0. The van der Waals surface area contributed by atoms with Crippen molar-refractivity contribution in [1.29, 1.82) is 0 Å². The molecule has 72 valence electrons. The van der Waals surface area contributed by atoms with E-state index in [1.54, 1.807) is 24.3 Å². The molecule has 1 heterocycles. The predicted molar refractivity (Wildman–Crippen MR) is 53.0 cm³/mol. The molecule has 0 aliphatic carbocycles. The van der Waals surface area contributed by atoms with Crippen molar-refractivity contribution in [2.75, 3.05) is 7.11 Å². The molecule has 0 atom stereocenters. The van der Waals surface area contributed by atoms with Crippen LogP contribution in [0.2, 0.25) is 0 Å². The molecule has 14 heavy (non-hydrogen) atoms. The van der Waals surface area contributed by atoms with Crippen LogP contribution in [0.15, 0.2) is 24.3 Å². The topological polar surface area (TPSA) is 22.1 Å². The largest absolute Gasteiger partial charge is 0.494 e. The molecular weight excluding hydrogens is 181 g/mol. The zero-order chi connectivity index (χ0) is 10.1. The molecule has 2 nitrogen and oxygen atoms in total. The highest BCUT2D eigenvalue weighted by Gasteiger charge is 2.07. The van der Waals surface area contributed by atoms with E-state index in [1.807, 2.05) is 6.92 Å². The maximum atomic E-state index is 13.6. The van der Waals surface area contributed by atoms with Gasteiger partial charge in [-0.2, -0.15) is 0 Å². The van der Waals surface area contributed by atoms with Gasteiger partial charge in [-0.15, -0.1) is 0 Å². The fourth-order valence-corrected chi connectivity index (χ4v) is 1.41. The number of pyridine rings is 1. The lowest BCUT2D eigenvalue weighted by molar-refractivity contribution is 0.389. The van der Waals surface area contributed by atoms with Gasteiger partial charge in [0, 0.05) is 11.1 Å². The van der Waals surface area contributed by atoms with E-state index in [9.17, 15) is 4.39 Å². The first-order chi connectivity index (χ1) is 6.72. The standard InChI is InChI=1S/C11H10FNO/c1-7-3-4-8-9(13-7)5-6-10(14-2)11(8)12/h3-6H,1-2H3. The minimum absolute atomic E-state index is 0.253. The van der Waals surface area contributed by atoms with Crippen molar-refractivity contribution in [2.45, 2.75) is 6.92 Å². The molecule has 1 aromatic carbocycles. The highest BCUT2D eigenvalue weighted by atomic mass is 19.1. The summed E-state index contributed by atoms with van der Waals surface area (Å²) < 4.78 is 18.5. The Morgan fingerprint density at radius 1 is 1.21 bits per heavy atom. The summed E-state index contributed by atoms with van der Waals surface area (Å²) >= 11 is 0. The average molecular weight is 191 g/mol. The molecule has 0 aliphatic rings. The molecule has 0 bridgehead atoms. The Labute approximate surface area is 81.3 Å². The summed E-state index contributed by atoms with van der Waals surface area (Å²) in [4.78, 5) is 4.22. The fraction of sp³-hybridized carbons (Fsp3) is 0.182. The van der Waals surface area contributed by atoms with E-state index in [0.717, 1.165) is 5.69 Å². The normalized spacial score (nSPS) is 10.5. The third kappa shape index (κ3) is 1.31. The molecular formula is C11H10FNO. The Kier molecular flexibility index (Phi) is 2.08. The summed E-state index contributed by atoms with van der Waals surface area (Å²) in [6, 6.07) is 6.84. The monoisotopic (exact) mass is 191 g/mol. The molecule has 0 spiro atoms. The van der Waals surface area contributed by atoms with Gasteiger partial charge >= 0.3 is 0 Å². The minimum atomic E-state index is -0.350. The first-order valence-corrected chi connectivity index (χ1v) is 4.32. The van der Waals surface area contributed by atoms with Gasteiger partial charge in [-0.25, -0.2) is 4.39 Å². The second-order valence-electron chi connectivity index (χ2n) is 3.10. The SMILES string of the molecule is COc1ccc2nc(C)ccc2c1F. The molecule has 0 radical (unpaired) electrons. The Balaban J connectivity index is 2.77. The molecule has 0 saturated carbocycles. The van der Waals surface area contributed by atoms with Crippen molar-refractivity contribution in [3.63, 3.8) is 0 Å². The van der Waals surface area contributed by atoms with Gasteiger partial charge in [0.25, 0.3) is 0 Å². The summed E-state index contributed by atoms with van der Waals surface area (Å²) in [6.45, 7) is 1.88. The maximum absolute atomic E-state index is 13.6. The van der Waals surface area contributed by atoms with E-state index in [1.165, 1.54) is 7.11 Å². The molecule has 0 fully saturated rings. The Hall–Kier alpha value is -1.64. The number of nitrogens with zero attached hydrogens (tertiary/aromatic N) is 1. The van der Waals surface area contributed by atoms with Crippen LogP contribution in [-0.2, 0) is 0 Å². The molecule has 1 aromatic heterocycles. The van der Waals surface area contributed by atoms with Gasteiger partial charge in [0.15, 0.2) is 11.6 Å². The number of hydrogen-bond acceptors (Lipinski definition) is 2. The van der Waals surface area contributed by atoms with Crippen LogP contribution in [0.4, 0.5) is 4.39 Å². The Morgan fingerprint density at radius 3 is 2.71 bits per heavy atom. The van der Waals surface area contributed by atoms with E-state index in [0.29, 0.717) is 10.9 Å². The van der Waals surface area contributed by atoms with E-state index in [4.69, 9.17) is 4.74 Å². The van der Waals surface area contributed by atoms with E-state index in [2.05, 4.69) is 4.98 Å². The number of methoxy groups -OCH3 is 1. The van der Waals surface area contributed by atoms with Crippen LogP contribution < -0.4 is 4.74 Å². The van der Waals surface area contributed by atoms with Crippen LogP contribution in [0.25, 0.3) is 10.9 Å². The summed E-state index contributed by atoms with van der Waals surface area (Å²) in [5.41, 5.74) is 1.53. The van der Waals surface area contributed by atoms with Crippen LogP contribution >= 0.6 is 0 Å². The van der Waals surface area contributed by atoms with Gasteiger partial charge in [0.05, 0.1) is 12.6 Å². The predicted octanol–water partition coefficient (Wildman–Crippen LogP) is 2.69. The van der Waals surface area contributed by atoms with Crippen molar-refractivity contribution < 1.29 is 9.13 Å². The number of hydrogen-bond donors (Lipinski definition) is 0. The minimum Gasteiger partial charge on any atom is -0.494 e. The Bertz CT molecular complexity index is 482. The van der Waals surface area contributed by atoms with Crippen molar-refractivity contribution in [3.8, 4) is 5.75 Å². The quantitative estimate of drug-likeness (QED) is 0.691. The first kappa shape index (κ1) is 8.94. The lowest BCUT2D eigenvalue weighted by Crippen LogP contribution is -1.91. The Morgan fingerprint density at radius 2 is 2.00 bits per heavy atom. The van der Waals surface area contributed by atoms with Crippen molar-refractivity contribution in [2.24, 2.45) is 0 Å². The number of aryl methyl sites for hydroxylation is 1. The number of aromatic nitrogens is 1. The molecule has 2 rings (SSSR count). The molecule has 0 amide bonds. The van der Waals surface area contributed by atoms with Gasteiger partial charge in [0.1, 0.15) is 0 Å². The maximum Gasteiger partial charge on any atom is 0.174 e. The smallest absolute Gasteiger partial charge is 0.174 e. The first-order valence-electron chi connectivity index (χ1n) is 4.32. The average Bonchev–Trinajstić information content (AvgIpc) is 2.18. The van der Waals surface area contributed by atoms with Gasteiger partial charge in [-0.05, 0) is 31.2 Å². The van der Waals surface area contributed by atoms with Crippen LogP contribution in [0, 0.1) is 12.7 Å². The lowest BCUT2D eigenvalue weighted by atomic mass is 10.2. The molecule has 0 unspecified atom stereocenters. The highest BCUT2D eigenvalue weighted by Crippen LogP contribution is 2.24. The van der Waals surface area contributed by atoms with Crippen molar-refractivity contribution >= 4 is 10.9 Å². The lowest BCUT2D eigenvalue weighted by Gasteiger charge is -2.04. The number of ether oxygens (including phenoxy) is 1. The van der Waals surface area contributed by atoms with E-state index in [-0.39, 0.29) is 11.6 Å². The number of rotatable bonds is 1. The van der Waals surface area contributed by atoms with E-state index >= 15 is 0 Å². The summed E-state index contributed by atoms with van der Waals surface area (Å²) in [5, 5.41) is 0.495. The number of fused-ring (bicyclic) bond motifs is 1. The van der Waals surface area contributed by atoms with Gasteiger partial charge in [0.2, 0.25) is 0 Å². The van der Waals surface area contributed by atoms with Gasteiger partial charge < -0.3 is 4.74 Å².